The molecule has 4 heterocycles. The zero-order chi connectivity index (χ0) is 23.7. The first kappa shape index (κ1) is 22.5. The summed E-state index contributed by atoms with van der Waals surface area (Å²) < 4.78 is 57.2. The second kappa shape index (κ2) is 9.15. The van der Waals surface area contributed by atoms with Crippen LogP contribution in [0.15, 0.2) is 53.0 Å². The molecule has 1 amide bonds. The molecule has 178 valence electrons. The van der Waals surface area contributed by atoms with Crippen LogP contribution < -0.4 is 5.32 Å². The van der Waals surface area contributed by atoms with Crippen molar-refractivity contribution < 1.29 is 32.2 Å². The summed E-state index contributed by atoms with van der Waals surface area (Å²) in [5, 5.41) is 15.0. The average Bonchev–Trinajstić information content (AvgIpc) is 3.52. The molecule has 4 atom stereocenters. The fourth-order valence-electron chi connectivity index (χ4n) is 3.69. The van der Waals surface area contributed by atoms with Gasteiger partial charge in [-0.2, -0.15) is 13.2 Å². The van der Waals surface area contributed by atoms with Crippen LogP contribution in [-0.4, -0.2) is 67.8 Å². The number of amides is 1. The number of fused-ring (bicyclic) bond motifs is 1. The summed E-state index contributed by atoms with van der Waals surface area (Å²) in [5.41, 5.74) is -0.924. The third-order valence-corrected chi connectivity index (χ3v) is 6.02. The first-order valence-corrected chi connectivity index (χ1v) is 10.8. The number of rotatable bonds is 5. The predicted molar refractivity (Wildman–Crippen MR) is 108 cm³/mol. The number of carbonyl (C=O) groups excluding carboxylic acids is 1. The molecular formula is C19H16F3N7O4S. The van der Waals surface area contributed by atoms with Gasteiger partial charge in [0.1, 0.15) is 18.2 Å². The summed E-state index contributed by atoms with van der Waals surface area (Å²) in [4.78, 5) is 20.6. The van der Waals surface area contributed by atoms with E-state index in [0.29, 0.717) is 10.3 Å². The van der Waals surface area contributed by atoms with Crippen molar-refractivity contribution in [2.24, 2.45) is 0 Å². The predicted octanol–water partition coefficient (Wildman–Crippen LogP) is 2.59. The van der Waals surface area contributed by atoms with Gasteiger partial charge < -0.3 is 14.2 Å². The molecule has 1 N–H and O–H groups in total. The molecule has 5 rings (SSSR count). The summed E-state index contributed by atoms with van der Waals surface area (Å²) in [5.74, 6) is 0. The summed E-state index contributed by atoms with van der Waals surface area (Å²) in [6, 6.07) is 5.57. The highest BCUT2D eigenvalue weighted by Crippen LogP contribution is 2.37. The number of aromatic nitrogens is 6. The number of nitrogens with one attached hydrogen (secondary N) is 1. The second-order valence-electron chi connectivity index (χ2n) is 7.35. The Kier molecular flexibility index (Phi) is 6.05. The minimum Gasteiger partial charge on any atom is -0.441 e. The van der Waals surface area contributed by atoms with Crippen LogP contribution in [0.3, 0.4) is 0 Å². The second-order valence-corrected chi connectivity index (χ2v) is 8.28. The van der Waals surface area contributed by atoms with Gasteiger partial charge in [0.15, 0.2) is 11.3 Å². The van der Waals surface area contributed by atoms with Crippen LogP contribution in [0.1, 0.15) is 11.6 Å². The molecule has 2 saturated heterocycles. The number of tetrazole rings is 1. The van der Waals surface area contributed by atoms with Gasteiger partial charge in [0, 0.05) is 18.1 Å². The lowest BCUT2D eigenvalue weighted by Gasteiger charge is -2.18. The van der Waals surface area contributed by atoms with Crippen LogP contribution in [0.2, 0.25) is 0 Å². The number of alkyl halides is 3. The highest BCUT2D eigenvalue weighted by Gasteiger charge is 2.51. The quantitative estimate of drug-likeness (QED) is 0.528. The van der Waals surface area contributed by atoms with E-state index in [0.717, 1.165) is 12.1 Å². The van der Waals surface area contributed by atoms with E-state index in [1.807, 2.05) is 0 Å². The number of ether oxygens (including phenoxy) is 3. The standard InChI is InChI=1S/C19H16F3N7O4S/c20-19(21,22)10-3-1-4-11(7-10)25-18(30)33-13-9-32-14-12(8-31-15(13)14)29-17(26-27-28-29)34-16-23-5-2-6-24-16/h1-7,12-15H,8-9H2,(H,25,30)/t12-,13-,14-,15+/m0/s1. The lowest BCUT2D eigenvalue weighted by Crippen LogP contribution is -2.35. The Hall–Kier alpha value is -3.30. The Morgan fingerprint density at radius 2 is 1.94 bits per heavy atom. The van der Waals surface area contributed by atoms with Crippen molar-refractivity contribution in [1.82, 2.24) is 30.2 Å². The molecule has 11 nitrogen and oxygen atoms in total. The SMILES string of the molecule is O=C(Nc1cccc(C(F)(F)F)c1)O[C@H]1CO[C@@H]2[C@@H]1OC[C@@H]2n1nnnc1Sc1ncccn1. The molecule has 0 spiro atoms. The molecule has 2 aliphatic heterocycles. The Balaban J connectivity index is 1.22. The number of hydrogen-bond donors (Lipinski definition) is 1. The van der Waals surface area contributed by atoms with Gasteiger partial charge in [-0.3, -0.25) is 5.32 Å². The van der Waals surface area contributed by atoms with Crippen molar-refractivity contribution in [3.63, 3.8) is 0 Å². The van der Waals surface area contributed by atoms with Gasteiger partial charge >= 0.3 is 12.3 Å². The molecule has 0 radical (unpaired) electrons. The van der Waals surface area contributed by atoms with Crippen molar-refractivity contribution in [2.75, 3.05) is 18.5 Å². The van der Waals surface area contributed by atoms with Gasteiger partial charge in [-0.15, -0.1) is 5.10 Å². The van der Waals surface area contributed by atoms with Crippen LogP contribution in [0.5, 0.6) is 0 Å². The Morgan fingerprint density at radius 3 is 2.74 bits per heavy atom. The Labute approximate surface area is 194 Å². The van der Waals surface area contributed by atoms with Gasteiger partial charge in [0.05, 0.1) is 18.8 Å². The first-order chi connectivity index (χ1) is 16.4. The maximum absolute atomic E-state index is 12.9. The maximum atomic E-state index is 12.9. The highest BCUT2D eigenvalue weighted by molar-refractivity contribution is 7.99. The molecule has 2 fully saturated rings. The number of carbonyl (C=O) groups is 1. The summed E-state index contributed by atoms with van der Waals surface area (Å²) in [6.45, 7) is 0.257. The number of benzene rings is 1. The number of halogens is 3. The number of anilines is 1. The van der Waals surface area contributed by atoms with Crippen molar-refractivity contribution in [3.8, 4) is 0 Å². The maximum Gasteiger partial charge on any atom is 0.416 e. The summed E-state index contributed by atoms with van der Waals surface area (Å²) in [6.07, 6.45) is -4.08. The highest BCUT2D eigenvalue weighted by atomic mass is 32.2. The molecule has 3 aromatic rings. The van der Waals surface area contributed by atoms with Gasteiger partial charge in [-0.25, -0.2) is 19.4 Å². The van der Waals surface area contributed by atoms with Gasteiger partial charge in [0.2, 0.25) is 5.16 Å². The molecule has 15 heteroatoms. The zero-order valence-corrected chi connectivity index (χ0v) is 17.9. The molecule has 0 unspecified atom stereocenters. The molecule has 34 heavy (non-hydrogen) atoms. The van der Waals surface area contributed by atoms with Gasteiger partial charge in [0.25, 0.3) is 0 Å². The van der Waals surface area contributed by atoms with Gasteiger partial charge in [-0.1, -0.05) is 6.07 Å². The van der Waals surface area contributed by atoms with E-state index >= 15 is 0 Å². The van der Waals surface area contributed by atoms with E-state index in [1.54, 1.807) is 23.1 Å². The monoisotopic (exact) mass is 495 g/mol. The molecule has 0 saturated carbocycles. The topological polar surface area (TPSA) is 126 Å². The van der Waals surface area contributed by atoms with Crippen molar-refractivity contribution in [1.29, 1.82) is 0 Å². The smallest absolute Gasteiger partial charge is 0.416 e. The van der Waals surface area contributed by atoms with Crippen LogP contribution >= 0.6 is 11.8 Å². The molecule has 2 aliphatic rings. The van der Waals surface area contributed by atoms with Crippen LogP contribution in [0, 0.1) is 0 Å². The third kappa shape index (κ3) is 4.67. The summed E-state index contributed by atoms with van der Waals surface area (Å²) in [7, 11) is 0. The van der Waals surface area contributed by atoms with Gasteiger partial charge in [-0.05, 0) is 46.5 Å². The molecule has 1 aromatic carbocycles. The lowest BCUT2D eigenvalue weighted by atomic mass is 10.1. The minimum absolute atomic E-state index is 0.0426. The molecule has 2 aromatic heterocycles. The normalized spacial score (nSPS) is 24.1. The fraction of sp³-hybridized carbons (Fsp3) is 0.368. The fourth-order valence-corrected chi connectivity index (χ4v) is 4.43. The molecule has 0 bridgehead atoms. The van der Waals surface area contributed by atoms with Crippen molar-refractivity contribution in [2.45, 2.75) is 40.8 Å². The molecule has 0 aliphatic carbocycles. The van der Waals surface area contributed by atoms with Crippen LogP contribution in [0.25, 0.3) is 0 Å². The Morgan fingerprint density at radius 1 is 1.15 bits per heavy atom. The van der Waals surface area contributed by atoms with E-state index in [-0.39, 0.29) is 24.9 Å². The molecular weight excluding hydrogens is 479 g/mol. The van der Waals surface area contributed by atoms with Crippen LogP contribution in [-0.2, 0) is 20.4 Å². The summed E-state index contributed by atoms with van der Waals surface area (Å²) >= 11 is 1.18. The van der Waals surface area contributed by atoms with E-state index in [9.17, 15) is 18.0 Å². The lowest BCUT2D eigenvalue weighted by molar-refractivity contribution is -0.137. The number of hydrogen-bond acceptors (Lipinski definition) is 10. The first-order valence-electron chi connectivity index (χ1n) is 9.99. The van der Waals surface area contributed by atoms with Crippen molar-refractivity contribution >= 4 is 23.5 Å². The van der Waals surface area contributed by atoms with Crippen molar-refractivity contribution in [3.05, 3.63) is 48.3 Å². The average molecular weight is 495 g/mol. The number of nitrogens with zero attached hydrogens (tertiary/aromatic N) is 6. The van der Waals surface area contributed by atoms with E-state index in [2.05, 4.69) is 30.8 Å². The van der Waals surface area contributed by atoms with E-state index < -0.39 is 36.1 Å². The third-order valence-electron chi connectivity index (χ3n) is 5.18. The largest absolute Gasteiger partial charge is 0.441 e. The zero-order valence-electron chi connectivity index (χ0n) is 17.1. The minimum atomic E-state index is -4.53. The Bertz CT molecular complexity index is 1170. The van der Waals surface area contributed by atoms with Crippen LogP contribution in [0.4, 0.5) is 23.7 Å². The van der Waals surface area contributed by atoms with E-state index in [4.69, 9.17) is 14.2 Å². The van der Waals surface area contributed by atoms with E-state index in [1.165, 1.54) is 23.9 Å².